The molecule has 5 rings (SSSR count). The molecule has 54 heavy (non-hydrogen) atoms. The summed E-state index contributed by atoms with van der Waals surface area (Å²) in [6.07, 6.45) is -19.0. The van der Waals surface area contributed by atoms with Gasteiger partial charge in [0, 0.05) is 12.5 Å². The van der Waals surface area contributed by atoms with Crippen LogP contribution in [-0.2, 0) is 39.6 Å². The van der Waals surface area contributed by atoms with Crippen LogP contribution in [0.1, 0.15) is 24.5 Å². The summed E-state index contributed by atoms with van der Waals surface area (Å²) in [4.78, 5) is 13.4. The molecule has 9 N–H and O–H groups in total. The standard InChI is InChI=1S/C36H48O18/c1-16-27(41)30(44)31(45)36(51-16)54-34-32(46)35(49-11-10-18-5-8-22(47-2)20(38)12-18)52-25(14-24-29(43)28(42)21(39)15-50-24)33(34)53-26(40)9-6-17-4-7-19(37)23(13-17)48-3/h4-9,12-13,16,21,24-25,27-39,41-46H,10-11,14-15H2,1-3H3. The third kappa shape index (κ3) is 9.59. The maximum Gasteiger partial charge on any atom is 0.331 e. The Balaban J connectivity index is 1.44. The summed E-state index contributed by atoms with van der Waals surface area (Å²) < 4.78 is 45.4. The molecule has 14 atom stereocenters. The molecule has 18 heteroatoms. The fourth-order valence-corrected chi connectivity index (χ4v) is 6.42. The summed E-state index contributed by atoms with van der Waals surface area (Å²) in [6.45, 7) is 0.981. The van der Waals surface area contributed by atoms with Crippen LogP contribution in [0.25, 0.3) is 6.08 Å². The second-order valence-corrected chi connectivity index (χ2v) is 13.3. The van der Waals surface area contributed by atoms with Crippen molar-refractivity contribution < 1.29 is 88.6 Å². The van der Waals surface area contributed by atoms with Crippen LogP contribution in [0.15, 0.2) is 42.5 Å². The van der Waals surface area contributed by atoms with Gasteiger partial charge in [-0.15, -0.1) is 0 Å². The molecule has 0 spiro atoms. The van der Waals surface area contributed by atoms with E-state index >= 15 is 0 Å². The summed E-state index contributed by atoms with van der Waals surface area (Å²) in [5, 5.41) is 94.6. The average Bonchev–Trinajstić information content (AvgIpc) is 3.15. The molecule has 3 aliphatic rings. The van der Waals surface area contributed by atoms with Gasteiger partial charge in [0.1, 0.15) is 54.9 Å². The zero-order valence-corrected chi connectivity index (χ0v) is 29.7. The molecule has 2 aromatic carbocycles. The number of benzene rings is 2. The number of aromatic hydroxyl groups is 2. The molecule has 0 amide bonds. The molecular formula is C36H48O18. The topological polar surface area (TPSA) is 273 Å². The van der Waals surface area contributed by atoms with Gasteiger partial charge in [0.15, 0.2) is 41.7 Å². The maximum absolute atomic E-state index is 13.4. The Morgan fingerprint density at radius 1 is 0.778 bits per heavy atom. The van der Waals surface area contributed by atoms with Crippen LogP contribution in [0.4, 0.5) is 0 Å². The first-order valence-electron chi connectivity index (χ1n) is 17.3. The molecule has 0 aromatic heterocycles. The summed E-state index contributed by atoms with van der Waals surface area (Å²) in [7, 11) is 2.76. The van der Waals surface area contributed by atoms with E-state index in [0.717, 1.165) is 6.08 Å². The number of phenols is 2. The summed E-state index contributed by atoms with van der Waals surface area (Å²) in [5.41, 5.74) is 1.08. The number of aliphatic hydroxyl groups excluding tert-OH is 7. The van der Waals surface area contributed by atoms with Gasteiger partial charge < -0.3 is 83.9 Å². The first kappa shape index (κ1) is 41.5. The summed E-state index contributed by atoms with van der Waals surface area (Å²) in [5.74, 6) is -0.809. The van der Waals surface area contributed by atoms with Crippen LogP contribution in [0.3, 0.4) is 0 Å². The lowest BCUT2D eigenvalue weighted by Crippen LogP contribution is -2.65. The number of carbonyl (C=O) groups excluding carboxylic acids is 1. The van der Waals surface area contributed by atoms with Crippen molar-refractivity contribution in [3.8, 4) is 23.0 Å². The van der Waals surface area contributed by atoms with Crippen molar-refractivity contribution in [2.75, 3.05) is 27.4 Å². The van der Waals surface area contributed by atoms with E-state index in [9.17, 15) is 50.8 Å². The van der Waals surface area contributed by atoms with Crippen LogP contribution >= 0.6 is 0 Å². The third-order valence-corrected chi connectivity index (χ3v) is 9.57. The van der Waals surface area contributed by atoms with E-state index in [1.54, 1.807) is 12.1 Å². The van der Waals surface area contributed by atoms with Crippen LogP contribution < -0.4 is 9.47 Å². The van der Waals surface area contributed by atoms with Crippen molar-refractivity contribution in [2.45, 2.75) is 106 Å². The summed E-state index contributed by atoms with van der Waals surface area (Å²) in [6, 6.07) is 9.04. The number of hydrogen-bond acceptors (Lipinski definition) is 18. The molecule has 3 aliphatic heterocycles. The minimum atomic E-state index is -1.83. The highest BCUT2D eigenvalue weighted by atomic mass is 16.7. The van der Waals surface area contributed by atoms with Gasteiger partial charge >= 0.3 is 5.97 Å². The Labute approximate surface area is 310 Å². The van der Waals surface area contributed by atoms with Crippen LogP contribution in [0, 0.1) is 0 Å². The van der Waals surface area contributed by atoms with Crippen molar-refractivity contribution in [3.05, 3.63) is 53.6 Å². The molecule has 3 saturated heterocycles. The van der Waals surface area contributed by atoms with Gasteiger partial charge in [-0.2, -0.15) is 0 Å². The van der Waals surface area contributed by atoms with Crippen molar-refractivity contribution in [1.82, 2.24) is 0 Å². The summed E-state index contributed by atoms with van der Waals surface area (Å²) >= 11 is 0. The molecule has 0 radical (unpaired) electrons. The Kier molecular flexibility index (Phi) is 14.1. The normalized spacial score (nSPS) is 35.8. The number of aliphatic hydroxyl groups is 7. The zero-order chi connectivity index (χ0) is 39.3. The van der Waals surface area contributed by atoms with Crippen molar-refractivity contribution in [3.63, 3.8) is 0 Å². The number of hydrogen-bond donors (Lipinski definition) is 9. The lowest BCUT2D eigenvalue weighted by Gasteiger charge is -2.48. The monoisotopic (exact) mass is 768 g/mol. The number of methoxy groups -OCH3 is 2. The van der Waals surface area contributed by atoms with Crippen molar-refractivity contribution in [1.29, 1.82) is 0 Å². The Morgan fingerprint density at radius 3 is 2.22 bits per heavy atom. The number of ether oxygens (including phenoxy) is 8. The lowest BCUT2D eigenvalue weighted by atomic mass is 9.90. The van der Waals surface area contributed by atoms with E-state index < -0.39 is 91.8 Å². The minimum absolute atomic E-state index is 0.0891. The molecule has 300 valence electrons. The fraction of sp³-hybridized carbons (Fsp3) is 0.583. The SMILES string of the molecule is COc1ccc(CCOC2OC(CC3OCC(O)C(O)C3O)C(OC(=O)C=Cc3ccc(O)c(OC)c3)C(OC3OC(C)C(O)C(O)C3O)C2O)cc1O. The molecule has 0 aliphatic carbocycles. The van der Waals surface area contributed by atoms with Crippen molar-refractivity contribution in [2.24, 2.45) is 0 Å². The molecule has 14 unspecified atom stereocenters. The smallest absolute Gasteiger partial charge is 0.331 e. The molecule has 3 fully saturated rings. The van der Waals surface area contributed by atoms with Crippen LogP contribution in [-0.4, -0.2) is 165 Å². The Bertz CT molecular complexity index is 1570. The van der Waals surface area contributed by atoms with E-state index in [4.69, 9.17) is 37.9 Å². The molecule has 0 saturated carbocycles. The van der Waals surface area contributed by atoms with Crippen LogP contribution in [0.2, 0.25) is 0 Å². The third-order valence-electron chi connectivity index (χ3n) is 9.57. The highest BCUT2D eigenvalue weighted by Crippen LogP contribution is 2.35. The molecule has 18 nitrogen and oxygen atoms in total. The average molecular weight is 769 g/mol. The molecule has 3 heterocycles. The van der Waals surface area contributed by atoms with Gasteiger partial charge in [-0.25, -0.2) is 4.79 Å². The highest BCUT2D eigenvalue weighted by Gasteiger charge is 2.53. The van der Waals surface area contributed by atoms with Gasteiger partial charge in [-0.05, 0) is 54.8 Å². The fourth-order valence-electron chi connectivity index (χ4n) is 6.42. The van der Waals surface area contributed by atoms with Crippen molar-refractivity contribution >= 4 is 12.0 Å². The number of rotatable bonds is 13. The van der Waals surface area contributed by atoms with E-state index in [1.807, 2.05) is 0 Å². The van der Waals surface area contributed by atoms with E-state index in [-0.39, 0.29) is 49.1 Å². The number of phenolic OH excluding ortho intramolecular Hbond substituents is 2. The van der Waals surface area contributed by atoms with Gasteiger partial charge in [0.05, 0.1) is 39.6 Å². The second-order valence-electron chi connectivity index (χ2n) is 13.3. The molecular weight excluding hydrogens is 720 g/mol. The number of esters is 1. The van der Waals surface area contributed by atoms with E-state index in [0.29, 0.717) is 11.1 Å². The first-order chi connectivity index (χ1) is 25.7. The predicted octanol–water partition coefficient (Wildman–Crippen LogP) is -1.53. The van der Waals surface area contributed by atoms with E-state index in [1.165, 1.54) is 51.5 Å². The van der Waals surface area contributed by atoms with E-state index in [2.05, 4.69) is 0 Å². The van der Waals surface area contributed by atoms with Gasteiger partial charge in [-0.3, -0.25) is 0 Å². The minimum Gasteiger partial charge on any atom is -0.504 e. The first-order valence-corrected chi connectivity index (χ1v) is 17.3. The zero-order valence-electron chi connectivity index (χ0n) is 29.7. The Hall–Kier alpha value is -3.63. The maximum atomic E-state index is 13.4. The molecule has 2 aromatic rings. The lowest BCUT2D eigenvalue weighted by molar-refractivity contribution is -0.358. The quantitative estimate of drug-likeness (QED) is 0.0826. The number of carbonyl (C=O) groups is 1. The predicted molar refractivity (Wildman–Crippen MR) is 182 cm³/mol. The van der Waals surface area contributed by atoms with Gasteiger partial charge in [0.25, 0.3) is 0 Å². The molecule has 0 bridgehead atoms. The largest absolute Gasteiger partial charge is 0.504 e. The van der Waals surface area contributed by atoms with Crippen LogP contribution in [0.5, 0.6) is 23.0 Å². The highest BCUT2D eigenvalue weighted by molar-refractivity contribution is 5.87. The Morgan fingerprint density at radius 2 is 1.52 bits per heavy atom. The van der Waals surface area contributed by atoms with Gasteiger partial charge in [0.2, 0.25) is 0 Å². The van der Waals surface area contributed by atoms with Gasteiger partial charge in [-0.1, -0.05) is 12.1 Å². The second kappa shape index (κ2) is 18.3.